The molecule has 2 heterocycles. The Balaban J connectivity index is 1.02. The highest BCUT2D eigenvalue weighted by Crippen LogP contribution is 2.43. The van der Waals surface area contributed by atoms with Crippen molar-refractivity contribution in [2.24, 2.45) is 0 Å². The van der Waals surface area contributed by atoms with E-state index in [1.165, 1.54) is 21.9 Å². The van der Waals surface area contributed by atoms with Crippen molar-refractivity contribution in [2.45, 2.75) is 0 Å². The maximum absolute atomic E-state index is 6.84. The maximum atomic E-state index is 6.84. The Hall–Kier alpha value is -7.69. The monoisotopic (exact) mass is 727 g/mol. The standard InChI is InChI=1S/C53H33N3O/c1-3-14-37(15-4-1)51-54-52(38-16-5-2-6-17-38)56-53(55-51)42-21-11-20-39(31-42)40-29-30-46-48(33-40)57-50-45-23-10-8-18-41(45)32-47(49(46)50)36-27-25-35(26-28-36)44-24-12-19-34-13-7-9-22-43(34)44/h1-33H. The van der Waals surface area contributed by atoms with Crippen molar-refractivity contribution in [3.8, 4) is 67.5 Å². The van der Waals surface area contributed by atoms with E-state index in [-0.39, 0.29) is 0 Å². The fraction of sp³-hybridized carbons (Fsp3) is 0. The lowest BCUT2D eigenvalue weighted by molar-refractivity contribution is 0.673. The van der Waals surface area contributed by atoms with Crippen LogP contribution in [0.1, 0.15) is 0 Å². The van der Waals surface area contributed by atoms with Crippen LogP contribution in [-0.2, 0) is 0 Å². The van der Waals surface area contributed by atoms with Gasteiger partial charge in [-0.1, -0.05) is 176 Å². The molecule has 0 aliphatic carbocycles. The number of rotatable bonds is 6. The van der Waals surface area contributed by atoms with Crippen LogP contribution in [0.15, 0.2) is 205 Å². The average Bonchev–Trinajstić information content (AvgIpc) is 3.68. The molecule has 4 nitrogen and oxygen atoms in total. The second-order valence-corrected chi connectivity index (χ2v) is 14.4. The third-order valence-corrected chi connectivity index (χ3v) is 10.9. The summed E-state index contributed by atoms with van der Waals surface area (Å²) in [6, 6.07) is 69.9. The molecule has 0 atom stereocenters. The number of hydrogen-bond acceptors (Lipinski definition) is 4. The first-order valence-corrected chi connectivity index (χ1v) is 19.2. The van der Waals surface area contributed by atoms with Crippen LogP contribution in [0.2, 0.25) is 0 Å². The van der Waals surface area contributed by atoms with Gasteiger partial charge in [-0.3, -0.25) is 0 Å². The molecule has 0 unspecified atom stereocenters. The lowest BCUT2D eigenvalue weighted by Gasteiger charge is -2.10. The quantitative estimate of drug-likeness (QED) is 0.171. The molecule has 0 saturated carbocycles. The van der Waals surface area contributed by atoms with E-state index in [0.29, 0.717) is 17.5 Å². The molecule has 266 valence electrons. The Bertz CT molecular complexity index is 3220. The molecule has 0 bridgehead atoms. The van der Waals surface area contributed by atoms with Crippen molar-refractivity contribution in [2.75, 3.05) is 0 Å². The van der Waals surface area contributed by atoms with E-state index in [1.807, 2.05) is 60.7 Å². The van der Waals surface area contributed by atoms with Crippen LogP contribution in [0.4, 0.5) is 0 Å². The Morgan fingerprint density at radius 2 is 0.807 bits per heavy atom. The Kier molecular flexibility index (Phi) is 7.78. The summed E-state index contributed by atoms with van der Waals surface area (Å²) in [5.74, 6) is 1.90. The zero-order valence-electron chi connectivity index (χ0n) is 30.8. The average molecular weight is 728 g/mol. The summed E-state index contributed by atoms with van der Waals surface area (Å²) in [7, 11) is 0. The lowest BCUT2D eigenvalue weighted by Crippen LogP contribution is -2.00. The van der Waals surface area contributed by atoms with Crippen LogP contribution in [0, 0.1) is 0 Å². The predicted molar refractivity (Wildman–Crippen MR) is 235 cm³/mol. The number of hydrogen-bond donors (Lipinski definition) is 0. The van der Waals surface area contributed by atoms with Gasteiger partial charge in [-0.15, -0.1) is 0 Å². The SMILES string of the molecule is c1ccc(-c2nc(-c3ccccc3)nc(-c3cccc(-c4ccc5c(c4)oc4c6ccccc6cc(-c6ccc(-c7cccc8ccccc78)cc6)c54)c3)n2)cc1. The van der Waals surface area contributed by atoms with E-state index >= 15 is 0 Å². The van der Waals surface area contributed by atoms with Gasteiger partial charge in [-0.2, -0.15) is 0 Å². The number of benzene rings is 9. The number of nitrogens with zero attached hydrogens (tertiary/aromatic N) is 3. The Labute approximate surface area is 329 Å². The first kappa shape index (κ1) is 32.7. The van der Waals surface area contributed by atoms with Gasteiger partial charge in [0.25, 0.3) is 0 Å². The van der Waals surface area contributed by atoms with Crippen molar-refractivity contribution < 1.29 is 4.42 Å². The highest BCUT2D eigenvalue weighted by atomic mass is 16.3. The fourth-order valence-electron chi connectivity index (χ4n) is 8.10. The summed E-state index contributed by atoms with van der Waals surface area (Å²) in [5, 5.41) is 6.95. The van der Waals surface area contributed by atoms with Gasteiger partial charge in [-0.05, 0) is 73.8 Å². The van der Waals surface area contributed by atoms with E-state index in [9.17, 15) is 0 Å². The van der Waals surface area contributed by atoms with Crippen LogP contribution >= 0.6 is 0 Å². The molecule has 57 heavy (non-hydrogen) atoms. The Morgan fingerprint density at radius 1 is 0.298 bits per heavy atom. The maximum Gasteiger partial charge on any atom is 0.164 e. The van der Waals surface area contributed by atoms with E-state index in [2.05, 4.69) is 140 Å². The molecule has 9 aromatic carbocycles. The van der Waals surface area contributed by atoms with Crippen molar-refractivity contribution in [3.05, 3.63) is 200 Å². The van der Waals surface area contributed by atoms with Gasteiger partial charge in [-0.25, -0.2) is 15.0 Å². The van der Waals surface area contributed by atoms with Gasteiger partial charge in [0.1, 0.15) is 11.2 Å². The van der Waals surface area contributed by atoms with Gasteiger partial charge >= 0.3 is 0 Å². The fourth-order valence-corrected chi connectivity index (χ4v) is 8.10. The molecule has 0 saturated heterocycles. The van der Waals surface area contributed by atoms with Crippen LogP contribution in [0.25, 0.3) is 111 Å². The minimum absolute atomic E-state index is 0.622. The smallest absolute Gasteiger partial charge is 0.164 e. The normalized spacial score (nSPS) is 11.5. The van der Waals surface area contributed by atoms with E-state index < -0.39 is 0 Å². The zero-order valence-corrected chi connectivity index (χ0v) is 30.8. The zero-order chi connectivity index (χ0) is 37.7. The molecule has 0 radical (unpaired) electrons. The van der Waals surface area contributed by atoms with Crippen LogP contribution in [0.5, 0.6) is 0 Å². The molecular weight excluding hydrogens is 695 g/mol. The van der Waals surface area contributed by atoms with Crippen LogP contribution in [-0.4, -0.2) is 15.0 Å². The minimum Gasteiger partial charge on any atom is -0.455 e. The van der Waals surface area contributed by atoms with Gasteiger partial charge in [0.15, 0.2) is 17.5 Å². The first-order chi connectivity index (χ1) is 28.2. The Morgan fingerprint density at radius 3 is 1.53 bits per heavy atom. The van der Waals surface area contributed by atoms with E-state index in [4.69, 9.17) is 19.4 Å². The van der Waals surface area contributed by atoms with Crippen LogP contribution < -0.4 is 0 Å². The molecule has 0 aliphatic rings. The molecule has 0 spiro atoms. The molecule has 0 fully saturated rings. The second kappa shape index (κ2) is 13.6. The highest BCUT2D eigenvalue weighted by molar-refractivity contribution is 6.21. The van der Waals surface area contributed by atoms with Gasteiger partial charge in [0.2, 0.25) is 0 Å². The summed E-state index contributed by atoms with van der Waals surface area (Å²) >= 11 is 0. The van der Waals surface area contributed by atoms with Crippen LogP contribution in [0.3, 0.4) is 0 Å². The summed E-state index contributed by atoms with van der Waals surface area (Å²) in [4.78, 5) is 14.8. The molecule has 11 aromatic rings. The highest BCUT2D eigenvalue weighted by Gasteiger charge is 2.18. The molecule has 0 N–H and O–H groups in total. The van der Waals surface area contributed by atoms with E-state index in [0.717, 1.165) is 71.7 Å². The van der Waals surface area contributed by atoms with Gasteiger partial charge in [0.05, 0.1) is 0 Å². The molecule has 2 aromatic heterocycles. The predicted octanol–water partition coefficient (Wildman–Crippen LogP) is 14.1. The van der Waals surface area contributed by atoms with E-state index in [1.54, 1.807) is 0 Å². The van der Waals surface area contributed by atoms with Crippen molar-refractivity contribution in [1.29, 1.82) is 0 Å². The number of aromatic nitrogens is 3. The lowest BCUT2D eigenvalue weighted by atomic mass is 9.92. The summed E-state index contributed by atoms with van der Waals surface area (Å²) in [6.07, 6.45) is 0. The van der Waals surface area contributed by atoms with Crippen molar-refractivity contribution in [3.63, 3.8) is 0 Å². The summed E-state index contributed by atoms with van der Waals surface area (Å²) in [6.45, 7) is 0. The van der Waals surface area contributed by atoms with Crippen molar-refractivity contribution in [1.82, 2.24) is 15.0 Å². The number of furan rings is 1. The third-order valence-electron chi connectivity index (χ3n) is 10.9. The van der Waals surface area contributed by atoms with Gasteiger partial charge in [0, 0.05) is 32.8 Å². The molecule has 4 heteroatoms. The first-order valence-electron chi connectivity index (χ1n) is 19.2. The topological polar surface area (TPSA) is 51.8 Å². The number of fused-ring (bicyclic) bond motifs is 6. The molecular formula is C53H33N3O. The minimum atomic E-state index is 0.622. The molecule has 0 amide bonds. The van der Waals surface area contributed by atoms with Gasteiger partial charge < -0.3 is 4.42 Å². The summed E-state index contributed by atoms with van der Waals surface area (Å²) in [5.41, 5.74) is 11.4. The summed E-state index contributed by atoms with van der Waals surface area (Å²) < 4.78 is 6.84. The molecule has 11 rings (SSSR count). The largest absolute Gasteiger partial charge is 0.455 e. The third kappa shape index (κ3) is 5.83. The molecule has 0 aliphatic heterocycles. The van der Waals surface area contributed by atoms with Crippen molar-refractivity contribution >= 4 is 43.5 Å². The second-order valence-electron chi connectivity index (χ2n) is 14.4.